The second-order valence-corrected chi connectivity index (χ2v) is 5.51. The average molecular weight is 297 g/mol. The van der Waals surface area contributed by atoms with Gasteiger partial charge in [0.15, 0.2) is 0 Å². The highest BCUT2D eigenvalue weighted by molar-refractivity contribution is 6.30. The number of nitrogens with zero attached hydrogens (tertiary/aromatic N) is 2. The zero-order valence-electron chi connectivity index (χ0n) is 11.6. The molecule has 0 unspecified atom stereocenters. The molecule has 0 aromatic heterocycles. The maximum absolute atomic E-state index is 12.1. The molecule has 0 saturated carbocycles. The van der Waals surface area contributed by atoms with E-state index in [1.54, 1.807) is 0 Å². The van der Waals surface area contributed by atoms with Gasteiger partial charge < -0.3 is 10.0 Å². The number of aliphatic hydroxyl groups is 1. The van der Waals surface area contributed by atoms with Crippen LogP contribution in [0, 0.1) is 0 Å². The number of aryl methyl sites for hydroxylation is 1. The minimum Gasteiger partial charge on any atom is -0.395 e. The number of aliphatic hydroxyl groups excluding tert-OH is 1. The van der Waals surface area contributed by atoms with E-state index in [0.29, 0.717) is 13.0 Å². The molecule has 4 nitrogen and oxygen atoms in total. The molecule has 1 saturated heterocycles. The van der Waals surface area contributed by atoms with Crippen molar-refractivity contribution in [3.05, 3.63) is 34.9 Å². The number of piperazine rings is 1. The van der Waals surface area contributed by atoms with Gasteiger partial charge in [-0.3, -0.25) is 9.69 Å². The Balaban J connectivity index is 1.74. The minimum absolute atomic E-state index is 0.185. The zero-order chi connectivity index (χ0) is 14.4. The Morgan fingerprint density at radius 1 is 1.15 bits per heavy atom. The first-order chi connectivity index (χ1) is 9.69. The van der Waals surface area contributed by atoms with Gasteiger partial charge in [0.25, 0.3) is 0 Å². The van der Waals surface area contributed by atoms with Crippen LogP contribution in [-0.2, 0) is 11.2 Å². The second kappa shape index (κ2) is 7.62. The van der Waals surface area contributed by atoms with Crippen molar-refractivity contribution in [1.82, 2.24) is 9.80 Å². The first-order valence-electron chi connectivity index (χ1n) is 7.04. The Morgan fingerprint density at radius 2 is 1.80 bits per heavy atom. The summed E-state index contributed by atoms with van der Waals surface area (Å²) in [6, 6.07) is 7.65. The molecular weight excluding hydrogens is 276 g/mol. The summed E-state index contributed by atoms with van der Waals surface area (Å²) in [5.41, 5.74) is 1.14. The molecule has 0 radical (unpaired) electrons. The molecule has 1 aromatic carbocycles. The van der Waals surface area contributed by atoms with E-state index in [1.165, 1.54) is 0 Å². The van der Waals surface area contributed by atoms with E-state index in [2.05, 4.69) is 4.90 Å². The molecular formula is C15H21ClN2O2. The van der Waals surface area contributed by atoms with Gasteiger partial charge >= 0.3 is 0 Å². The highest BCUT2D eigenvalue weighted by atomic mass is 35.5. The van der Waals surface area contributed by atoms with Crippen molar-refractivity contribution in [2.75, 3.05) is 39.3 Å². The summed E-state index contributed by atoms with van der Waals surface area (Å²) in [4.78, 5) is 16.2. The van der Waals surface area contributed by atoms with Gasteiger partial charge in [-0.2, -0.15) is 0 Å². The predicted molar refractivity (Wildman–Crippen MR) is 79.9 cm³/mol. The number of amides is 1. The summed E-state index contributed by atoms with van der Waals surface area (Å²) >= 11 is 5.84. The second-order valence-electron chi connectivity index (χ2n) is 5.07. The fraction of sp³-hybridized carbons (Fsp3) is 0.533. The molecule has 0 aliphatic carbocycles. The smallest absolute Gasteiger partial charge is 0.222 e. The van der Waals surface area contributed by atoms with Crippen molar-refractivity contribution < 1.29 is 9.90 Å². The molecule has 1 aromatic rings. The van der Waals surface area contributed by atoms with Crippen LogP contribution in [0.25, 0.3) is 0 Å². The summed E-state index contributed by atoms with van der Waals surface area (Å²) in [6.45, 7) is 4.12. The topological polar surface area (TPSA) is 43.8 Å². The largest absolute Gasteiger partial charge is 0.395 e. The Bertz CT molecular complexity index is 428. The Morgan fingerprint density at radius 3 is 2.40 bits per heavy atom. The molecule has 0 bridgehead atoms. The lowest BCUT2D eigenvalue weighted by atomic mass is 10.1. The number of β-amino-alcohol motifs (C(OH)–C–C–N with tert-alkyl or cyclic N) is 1. The number of hydrogen-bond donors (Lipinski definition) is 1. The van der Waals surface area contributed by atoms with Gasteiger partial charge in [0.05, 0.1) is 6.61 Å². The lowest BCUT2D eigenvalue weighted by molar-refractivity contribution is -0.132. The minimum atomic E-state index is 0.185. The van der Waals surface area contributed by atoms with Crippen molar-refractivity contribution in [2.45, 2.75) is 12.8 Å². The van der Waals surface area contributed by atoms with Gasteiger partial charge in [-0.15, -0.1) is 0 Å². The summed E-state index contributed by atoms with van der Waals surface area (Å²) in [6.07, 6.45) is 1.30. The van der Waals surface area contributed by atoms with Gasteiger partial charge in [0, 0.05) is 44.2 Å². The van der Waals surface area contributed by atoms with Gasteiger partial charge in [0.1, 0.15) is 0 Å². The van der Waals surface area contributed by atoms with Crippen LogP contribution >= 0.6 is 11.6 Å². The van der Waals surface area contributed by atoms with Crippen LogP contribution in [0.15, 0.2) is 24.3 Å². The van der Waals surface area contributed by atoms with Crippen molar-refractivity contribution >= 4 is 17.5 Å². The number of carbonyl (C=O) groups is 1. The SMILES string of the molecule is O=C(CCc1ccc(Cl)cc1)N1CCN(CCO)CC1. The third-order valence-corrected chi connectivity index (χ3v) is 3.93. The lowest BCUT2D eigenvalue weighted by Crippen LogP contribution is -2.49. The molecule has 0 spiro atoms. The van der Waals surface area contributed by atoms with E-state index in [0.717, 1.165) is 43.2 Å². The highest BCUT2D eigenvalue weighted by Gasteiger charge is 2.20. The zero-order valence-corrected chi connectivity index (χ0v) is 12.4. The summed E-state index contributed by atoms with van der Waals surface area (Å²) in [5.74, 6) is 0.212. The van der Waals surface area contributed by atoms with E-state index in [-0.39, 0.29) is 12.5 Å². The maximum Gasteiger partial charge on any atom is 0.222 e. The predicted octanol–water partition coefficient (Wildman–Crippen LogP) is 1.41. The normalized spacial score (nSPS) is 16.4. The van der Waals surface area contributed by atoms with E-state index in [4.69, 9.17) is 16.7 Å². The number of halogens is 1. The van der Waals surface area contributed by atoms with Gasteiger partial charge in [-0.05, 0) is 24.1 Å². The quantitative estimate of drug-likeness (QED) is 0.893. The Kier molecular flexibility index (Phi) is 5.83. The van der Waals surface area contributed by atoms with E-state index >= 15 is 0 Å². The summed E-state index contributed by atoms with van der Waals surface area (Å²) in [5, 5.41) is 9.61. The van der Waals surface area contributed by atoms with Crippen molar-refractivity contribution in [1.29, 1.82) is 0 Å². The first kappa shape index (κ1) is 15.3. The number of carbonyl (C=O) groups excluding carboxylic acids is 1. The molecule has 1 aliphatic rings. The van der Waals surface area contributed by atoms with Crippen LogP contribution in [0.1, 0.15) is 12.0 Å². The van der Waals surface area contributed by atoms with Crippen LogP contribution in [0.3, 0.4) is 0 Å². The average Bonchev–Trinajstić information content (AvgIpc) is 2.47. The van der Waals surface area contributed by atoms with Crippen LogP contribution in [0.5, 0.6) is 0 Å². The van der Waals surface area contributed by atoms with Crippen LogP contribution in [0.4, 0.5) is 0 Å². The van der Waals surface area contributed by atoms with Crippen molar-refractivity contribution in [3.8, 4) is 0 Å². The Labute approximate surface area is 124 Å². The highest BCUT2D eigenvalue weighted by Crippen LogP contribution is 2.12. The standard InChI is InChI=1S/C15H21ClN2O2/c16-14-4-1-13(2-5-14)3-6-15(20)18-9-7-17(8-10-18)11-12-19/h1-2,4-5,19H,3,6-12H2. The van der Waals surface area contributed by atoms with Crippen LogP contribution in [0.2, 0.25) is 5.02 Å². The first-order valence-corrected chi connectivity index (χ1v) is 7.42. The molecule has 5 heteroatoms. The molecule has 1 aliphatic heterocycles. The number of benzene rings is 1. The number of hydrogen-bond acceptors (Lipinski definition) is 3. The summed E-state index contributed by atoms with van der Waals surface area (Å²) < 4.78 is 0. The monoisotopic (exact) mass is 296 g/mol. The fourth-order valence-electron chi connectivity index (χ4n) is 2.42. The van der Waals surface area contributed by atoms with Crippen molar-refractivity contribution in [3.63, 3.8) is 0 Å². The summed E-state index contributed by atoms with van der Waals surface area (Å²) in [7, 11) is 0. The maximum atomic E-state index is 12.1. The third kappa shape index (κ3) is 4.47. The number of rotatable bonds is 5. The van der Waals surface area contributed by atoms with Crippen LogP contribution < -0.4 is 0 Å². The molecule has 1 N–H and O–H groups in total. The lowest BCUT2D eigenvalue weighted by Gasteiger charge is -2.34. The molecule has 1 amide bonds. The molecule has 20 heavy (non-hydrogen) atoms. The van der Waals surface area contributed by atoms with Crippen LogP contribution in [-0.4, -0.2) is 60.1 Å². The van der Waals surface area contributed by atoms with E-state index < -0.39 is 0 Å². The molecule has 1 fully saturated rings. The molecule has 1 heterocycles. The van der Waals surface area contributed by atoms with E-state index in [9.17, 15) is 4.79 Å². The van der Waals surface area contributed by atoms with Crippen molar-refractivity contribution in [2.24, 2.45) is 0 Å². The van der Waals surface area contributed by atoms with E-state index in [1.807, 2.05) is 29.2 Å². The Hall–Kier alpha value is -1.10. The van der Waals surface area contributed by atoms with Gasteiger partial charge in [-0.25, -0.2) is 0 Å². The van der Waals surface area contributed by atoms with Gasteiger partial charge in [-0.1, -0.05) is 23.7 Å². The molecule has 0 atom stereocenters. The third-order valence-electron chi connectivity index (χ3n) is 3.68. The van der Waals surface area contributed by atoms with Gasteiger partial charge in [0.2, 0.25) is 5.91 Å². The fourth-order valence-corrected chi connectivity index (χ4v) is 2.55. The molecule has 110 valence electrons. The molecule has 2 rings (SSSR count).